The van der Waals surface area contributed by atoms with Crippen molar-refractivity contribution in [2.75, 3.05) is 19.7 Å². The fourth-order valence-corrected chi connectivity index (χ4v) is 2.18. The Morgan fingerprint density at radius 3 is 2.90 bits per heavy atom. The maximum Gasteiger partial charge on any atom is 0.260 e. The summed E-state index contributed by atoms with van der Waals surface area (Å²) in [5.41, 5.74) is 0. The second-order valence-electron chi connectivity index (χ2n) is 5.04. The van der Waals surface area contributed by atoms with Crippen molar-refractivity contribution >= 4 is 5.91 Å². The van der Waals surface area contributed by atoms with Gasteiger partial charge in [0, 0.05) is 19.2 Å². The predicted molar refractivity (Wildman–Crippen MR) is 68.2 cm³/mol. The van der Waals surface area contributed by atoms with Gasteiger partial charge in [0.25, 0.3) is 5.91 Å². The Balaban J connectivity index is 1.89. The van der Waals surface area contributed by atoms with Gasteiger partial charge in [-0.15, -0.1) is 0 Å². The van der Waals surface area contributed by atoms with Crippen LogP contribution in [0.1, 0.15) is 13.3 Å². The standard InChI is InChI=1S/C14H17F2NO3/c1-9-7-17(5-4-12(9)18)14(19)8-20-13-3-2-10(15)6-11(13)16/h2-3,6,9,12,18H,4-5,7-8H2,1H3. The summed E-state index contributed by atoms with van der Waals surface area (Å²) < 4.78 is 31.1. The minimum Gasteiger partial charge on any atom is -0.481 e. The van der Waals surface area contributed by atoms with Gasteiger partial charge in [-0.3, -0.25) is 4.79 Å². The third kappa shape index (κ3) is 3.45. The number of carbonyl (C=O) groups excluding carboxylic acids is 1. The van der Waals surface area contributed by atoms with Gasteiger partial charge in [0.1, 0.15) is 5.82 Å². The summed E-state index contributed by atoms with van der Waals surface area (Å²) in [5, 5.41) is 9.59. The van der Waals surface area contributed by atoms with Crippen LogP contribution in [0.25, 0.3) is 0 Å². The van der Waals surface area contributed by atoms with E-state index in [-0.39, 0.29) is 24.2 Å². The van der Waals surface area contributed by atoms with E-state index in [1.807, 2.05) is 6.92 Å². The average Bonchev–Trinajstić information content (AvgIpc) is 2.40. The Bertz CT molecular complexity index is 495. The first kappa shape index (κ1) is 14.7. The summed E-state index contributed by atoms with van der Waals surface area (Å²) in [6.07, 6.45) is 0.132. The van der Waals surface area contributed by atoms with Crippen molar-refractivity contribution in [3.8, 4) is 5.75 Å². The average molecular weight is 285 g/mol. The largest absolute Gasteiger partial charge is 0.481 e. The number of aliphatic hydroxyl groups is 1. The molecule has 1 aromatic rings. The minimum atomic E-state index is -0.833. The Morgan fingerprint density at radius 1 is 1.50 bits per heavy atom. The number of carbonyl (C=O) groups is 1. The fourth-order valence-electron chi connectivity index (χ4n) is 2.18. The molecule has 1 fully saturated rings. The van der Waals surface area contributed by atoms with Crippen LogP contribution in [0.4, 0.5) is 8.78 Å². The second-order valence-corrected chi connectivity index (χ2v) is 5.04. The van der Waals surface area contributed by atoms with Crippen LogP contribution in [0.2, 0.25) is 0 Å². The quantitative estimate of drug-likeness (QED) is 0.917. The smallest absolute Gasteiger partial charge is 0.260 e. The molecule has 1 amide bonds. The third-order valence-corrected chi connectivity index (χ3v) is 3.46. The number of rotatable bonds is 3. The Kier molecular flexibility index (Phi) is 4.54. The number of hydrogen-bond donors (Lipinski definition) is 1. The number of nitrogens with zero attached hydrogens (tertiary/aromatic N) is 1. The van der Waals surface area contributed by atoms with E-state index in [0.717, 1.165) is 12.1 Å². The molecule has 1 heterocycles. The Labute approximate surface area is 116 Å². The van der Waals surface area contributed by atoms with Crippen LogP contribution >= 0.6 is 0 Å². The van der Waals surface area contributed by atoms with Crippen molar-refractivity contribution in [2.24, 2.45) is 5.92 Å². The number of ether oxygens (including phenoxy) is 1. The van der Waals surface area contributed by atoms with E-state index in [1.54, 1.807) is 4.90 Å². The summed E-state index contributed by atoms with van der Waals surface area (Å²) in [6, 6.07) is 2.93. The lowest BCUT2D eigenvalue weighted by molar-refractivity contribution is -0.136. The first-order chi connectivity index (χ1) is 9.47. The Morgan fingerprint density at radius 2 is 2.25 bits per heavy atom. The van der Waals surface area contributed by atoms with Crippen LogP contribution in [-0.4, -0.2) is 41.7 Å². The molecule has 110 valence electrons. The summed E-state index contributed by atoms with van der Waals surface area (Å²) in [5.74, 6) is -1.94. The van der Waals surface area contributed by atoms with Crippen LogP contribution in [0, 0.1) is 17.6 Å². The summed E-state index contributed by atoms with van der Waals surface area (Å²) in [7, 11) is 0. The molecule has 1 aliphatic rings. The maximum absolute atomic E-state index is 13.3. The molecule has 0 spiro atoms. The van der Waals surface area contributed by atoms with Gasteiger partial charge in [-0.2, -0.15) is 0 Å². The van der Waals surface area contributed by atoms with E-state index in [9.17, 15) is 18.7 Å². The SMILES string of the molecule is CC1CN(C(=O)COc2ccc(F)cc2F)CCC1O. The van der Waals surface area contributed by atoms with Crippen molar-refractivity contribution in [1.29, 1.82) is 0 Å². The van der Waals surface area contributed by atoms with Crippen molar-refractivity contribution in [1.82, 2.24) is 4.90 Å². The normalized spacial score (nSPS) is 22.7. The summed E-state index contributed by atoms with van der Waals surface area (Å²) in [6.45, 7) is 2.48. The zero-order chi connectivity index (χ0) is 14.7. The first-order valence-corrected chi connectivity index (χ1v) is 6.51. The van der Waals surface area contributed by atoms with E-state index >= 15 is 0 Å². The molecular weight excluding hydrogens is 268 g/mol. The number of piperidine rings is 1. The lowest BCUT2D eigenvalue weighted by Gasteiger charge is -2.34. The number of hydrogen-bond acceptors (Lipinski definition) is 3. The zero-order valence-electron chi connectivity index (χ0n) is 11.2. The maximum atomic E-state index is 13.3. The van der Waals surface area contributed by atoms with Crippen LogP contribution in [0.3, 0.4) is 0 Å². The molecule has 4 nitrogen and oxygen atoms in total. The van der Waals surface area contributed by atoms with Crippen LogP contribution < -0.4 is 4.74 Å². The second kappa shape index (κ2) is 6.17. The lowest BCUT2D eigenvalue weighted by Crippen LogP contribution is -2.46. The molecule has 2 rings (SSSR count). The van der Waals surface area contributed by atoms with E-state index < -0.39 is 17.7 Å². The predicted octanol–water partition coefficient (Wildman–Crippen LogP) is 1.57. The molecule has 1 saturated heterocycles. The number of halogens is 2. The van der Waals surface area contributed by atoms with Crippen LogP contribution in [-0.2, 0) is 4.79 Å². The molecule has 0 saturated carbocycles. The molecule has 1 aliphatic heterocycles. The van der Waals surface area contributed by atoms with Gasteiger partial charge in [-0.25, -0.2) is 8.78 Å². The number of likely N-dealkylation sites (tertiary alicyclic amines) is 1. The molecule has 2 unspecified atom stereocenters. The molecule has 0 aliphatic carbocycles. The van der Waals surface area contributed by atoms with E-state index in [0.29, 0.717) is 25.6 Å². The number of aliphatic hydroxyl groups excluding tert-OH is 1. The van der Waals surface area contributed by atoms with Crippen LogP contribution in [0.5, 0.6) is 5.75 Å². The van der Waals surface area contributed by atoms with Crippen LogP contribution in [0.15, 0.2) is 18.2 Å². The number of amides is 1. The molecule has 0 radical (unpaired) electrons. The molecule has 1 N–H and O–H groups in total. The van der Waals surface area contributed by atoms with Gasteiger partial charge in [-0.05, 0) is 24.5 Å². The Hall–Kier alpha value is -1.69. The topological polar surface area (TPSA) is 49.8 Å². The highest BCUT2D eigenvalue weighted by Gasteiger charge is 2.27. The lowest BCUT2D eigenvalue weighted by atomic mass is 9.97. The zero-order valence-corrected chi connectivity index (χ0v) is 11.2. The third-order valence-electron chi connectivity index (χ3n) is 3.46. The molecule has 1 aromatic carbocycles. The first-order valence-electron chi connectivity index (χ1n) is 6.51. The molecular formula is C14H17F2NO3. The monoisotopic (exact) mass is 285 g/mol. The molecule has 0 aromatic heterocycles. The van der Waals surface area contributed by atoms with Gasteiger partial charge >= 0.3 is 0 Å². The highest BCUT2D eigenvalue weighted by Crippen LogP contribution is 2.19. The summed E-state index contributed by atoms with van der Waals surface area (Å²) in [4.78, 5) is 13.5. The van der Waals surface area contributed by atoms with Gasteiger partial charge in [0.2, 0.25) is 0 Å². The van der Waals surface area contributed by atoms with E-state index in [4.69, 9.17) is 4.74 Å². The molecule has 2 atom stereocenters. The molecule has 6 heteroatoms. The van der Waals surface area contributed by atoms with Gasteiger partial charge in [0.05, 0.1) is 6.10 Å². The van der Waals surface area contributed by atoms with E-state index in [2.05, 4.69) is 0 Å². The number of benzene rings is 1. The van der Waals surface area contributed by atoms with Crippen molar-refractivity contribution in [3.05, 3.63) is 29.8 Å². The highest BCUT2D eigenvalue weighted by molar-refractivity contribution is 5.77. The van der Waals surface area contributed by atoms with Crippen molar-refractivity contribution in [3.63, 3.8) is 0 Å². The van der Waals surface area contributed by atoms with E-state index in [1.165, 1.54) is 0 Å². The van der Waals surface area contributed by atoms with Gasteiger partial charge in [-0.1, -0.05) is 6.92 Å². The van der Waals surface area contributed by atoms with Gasteiger partial charge < -0.3 is 14.7 Å². The van der Waals surface area contributed by atoms with Crippen molar-refractivity contribution < 1.29 is 23.4 Å². The molecule has 0 bridgehead atoms. The molecule has 20 heavy (non-hydrogen) atoms. The fraction of sp³-hybridized carbons (Fsp3) is 0.500. The van der Waals surface area contributed by atoms with Gasteiger partial charge in [0.15, 0.2) is 18.2 Å². The minimum absolute atomic E-state index is 0.00950. The highest BCUT2D eigenvalue weighted by atomic mass is 19.1. The summed E-state index contributed by atoms with van der Waals surface area (Å²) >= 11 is 0. The van der Waals surface area contributed by atoms with Crippen molar-refractivity contribution in [2.45, 2.75) is 19.4 Å².